The number of furan rings is 1. The quantitative estimate of drug-likeness (QED) is 0.504. The number of carbonyl (C=O) groups excluding carboxylic acids is 1. The van der Waals surface area contributed by atoms with Crippen molar-refractivity contribution >= 4 is 23.0 Å². The molecule has 2 heterocycles. The molecule has 0 aliphatic carbocycles. The number of ether oxygens (including phenoxy) is 1. The van der Waals surface area contributed by atoms with Gasteiger partial charge in [-0.3, -0.25) is 4.79 Å². The summed E-state index contributed by atoms with van der Waals surface area (Å²) in [6.07, 6.45) is 8.21. The SMILES string of the molecule is COc1ccc2c(CCN(C)CCCN3C=Cc4cc(C)c(C)cc4CC3=O)coc2c1. The van der Waals surface area contributed by atoms with E-state index in [2.05, 4.69) is 50.1 Å². The molecule has 0 fully saturated rings. The minimum atomic E-state index is 0.172. The summed E-state index contributed by atoms with van der Waals surface area (Å²) >= 11 is 0. The van der Waals surface area contributed by atoms with Gasteiger partial charge in [-0.2, -0.15) is 0 Å². The summed E-state index contributed by atoms with van der Waals surface area (Å²) in [4.78, 5) is 16.9. The number of methoxy groups -OCH3 is 1. The normalized spacial score (nSPS) is 13.7. The fourth-order valence-corrected chi connectivity index (χ4v) is 4.24. The summed E-state index contributed by atoms with van der Waals surface area (Å²) in [7, 11) is 3.79. The highest BCUT2D eigenvalue weighted by Gasteiger charge is 2.17. The average Bonchev–Trinajstić information content (AvgIpc) is 3.12. The van der Waals surface area contributed by atoms with Crippen LogP contribution in [0.3, 0.4) is 0 Å². The second-order valence-corrected chi connectivity index (χ2v) is 8.74. The fraction of sp³-hybridized carbons (Fsp3) is 0.370. The molecule has 0 saturated carbocycles. The van der Waals surface area contributed by atoms with Crippen molar-refractivity contribution in [2.45, 2.75) is 33.1 Å². The lowest BCUT2D eigenvalue weighted by molar-refractivity contribution is -0.127. The lowest BCUT2D eigenvalue weighted by atomic mass is 9.98. The van der Waals surface area contributed by atoms with Gasteiger partial charge in [0.2, 0.25) is 5.91 Å². The Kier molecular flexibility index (Phi) is 6.66. The zero-order chi connectivity index (χ0) is 22.7. The van der Waals surface area contributed by atoms with Gasteiger partial charge in [-0.05, 0) is 86.3 Å². The van der Waals surface area contributed by atoms with Crippen molar-refractivity contribution in [3.63, 3.8) is 0 Å². The largest absolute Gasteiger partial charge is 0.497 e. The first-order valence-electron chi connectivity index (χ1n) is 11.2. The van der Waals surface area contributed by atoms with Gasteiger partial charge in [0.05, 0.1) is 19.8 Å². The van der Waals surface area contributed by atoms with E-state index in [4.69, 9.17) is 9.15 Å². The Balaban J connectivity index is 1.27. The van der Waals surface area contributed by atoms with Gasteiger partial charge in [0.1, 0.15) is 11.3 Å². The molecule has 1 aliphatic rings. The molecule has 4 rings (SSSR count). The molecule has 3 aromatic rings. The van der Waals surface area contributed by atoms with Gasteiger partial charge in [-0.15, -0.1) is 0 Å². The van der Waals surface area contributed by atoms with Crippen LogP contribution in [0, 0.1) is 13.8 Å². The van der Waals surface area contributed by atoms with Gasteiger partial charge < -0.3 is 19.0 Å². The zero-order valence-electron chi connectivity index (χ0n) is 19.5. The minimum Gasteiger partial charge on any atom is -0.497 e. The molecular weight excluding hydrogens is 400 g/mol. The number of hydrogen-bond donors (Lipinski definition) is 0. The Hall–Kier alpha value is -3.05. The standard InChI is InChI=1S/C27H32N2O3/c1-19-14-21-9-13-29(27(30)16-23(21)15-20(19)2)11-5-10-28(3)12-8-22-18-32-26-17-24(31-4)6-7-25(22)26/h6-7,9,13-15,17-18H,5,8,10-12,16H2,1-4H3. The van der Waals surface area contributed by atoms with Crippen molar-refractivity contribution in [3.8, 4) is 5.75 Å². The van der Waals surface area contributed by atoms with Crippen molar-refractivity contribution in [2.75, 3.05) is 33.8 Å². The molecule has 5 nitrogen and oxygen atoms in total. The minimum absolute atomic E-state index is 0.172. The van der Waals surface area contributed by atoms with Gasteiger partial charge in [0.15, 0.2) is 0 Å². The smallest absolute Gasteiger partial charge is 0.230 e. The molecule has 0 atom stereocenters. The third-order valence-electron chi connectivity index (χ3n) is 6.42. The second-order valence-electron chi connectivity index (χ2n) is 8.74. The van der Waals surface area contributed by atoms with E-state index in [0.29, 0.717) is 6.42 Å². The van der Waals surface area contributed by atoms with E-state index in [1.54, 1.807) is 7.11 Å². The molecule has 5 heteroatoms. The monoisotopic (exact) mass is 432 g/mol. The van der Waals surface area contributed by atoms with Gasteiger partial charge in [-0.25, -0.2) is 0 Å². The number of nitrogens with zero attached hydrogens (tertiary/aromatic N) is 2. The molecule has 0 N–H and O–H groups in total. The summed E-state index contributed by atoms with van der Waals surface area (Å²) in [5.41, 5.74) is 6.86. The van der Waals surface area contributed by atoms with Gasteiger partial charge in [-0.1, -0.05) is 12.1 Å². The first-order valence-corrected chi connectivity index (χ1v) is 11.2. The topological polar surface area (TPSA) is 45.9 Å². The van der Waals surface area contributed by atoms with Crippen molar-refractivity contribution in [2.24, 2.45) is 0 Å². The van der Waals surface area contributed by atoms with Crippen LogP contribution in [0.25, 0.3) is 17.0 Å². The third-order valence-corrected chi connectivity index (χ3v) is 6.42. The zero-order valence-corrected chi connectivity index (χ0v) is 19.5. The maximum atomic E-state index is 12.7. The van der Waals surface area contributed by atoms with E-state index >= 15 is 0 Å². The summed E-state index contributed by atoms with van der Waals surface area (Å²) in [5, 5.41) is 1.14. The number of amides is 1. The molecule has 0 unspecified atom stereocenters. The Morgan fingerprint density at radius 3 is 2.75 bits per heavy atom. The first kappa shape index (κ1) is 22.2. The van der Waals surface area contributed by atoms with Crippen LogP contribution in [0.1, 0.15) is 34.2 Å². The molecule has 1 aromatic heterocycles. The molecule has 168 valence electrons. The van der Waals surface area contributed by atoms with Crippen molar-refractivity contribution in [3.05, 3.63) is 70.6 Å². The molecule has 0 bridgehead atoms. The summed E-state index contributed by atoms with van der Waals surface area (Å²) < 4.78 is 11.0. The van der Waals surface area contributed by atoms with Crippen LogP contribution < -0.4 is 4.74 Å². The third kappa shape index (κ3) is 4.89. The molecule has 2 aromatic carbocycles. The predicted octanol–water partition coefficient (Wildman–Crippen LogP) is 4.98. The predicted molar refractivity (Wildman–Crippen MR) is 129 cm³/mol. The summed E-state index contributed by atoms with van der Waals surface area (Å²) in [6.45, 7) is 6.83. The maximum absolute atomic E-state index is 12.7. The van der Waals surface area contributed by atoms with Crippen LogP contribution in [0.5, 0.6) is 5.75 Å². The van der Waals surface area contributed by atoms with Gasteiger partial charge >= 0.3 is 0 Å². The van der Waals surface area contributed by atoms with Gasteiger partial charge in [0.25, 0.3) is 0 Å². The van der Waals surface area contributed by atoms with E-state index in [9.17, 15) is 4.79 Å². The number of rotatable bonds is 8. The van der Waals surface area contributed by atoms with Crippen LogP contribution >= 0.6 is 0 Å². The fourth-order valence-electron chi connectivity index (χ4n) is 4.24. The Morgan fingerprint density at radius 1 is 1.12 bits per heavy atom. The lowest BCUT2D eigenvalue weighted by Crippen LogP contribution is -2.30. The summed E-state index contributed by atoms with van der Waals surface area (Å²) in [6, 6.07) is 10.3. The molecule has 32 heavy (non-hydrogen) atoms. The van der Waals surface area contributed by atoms with Crippen molar-refractivity contribution < 1.29 is 13.9 Å². The van der Waals surface area contributed by atoms with E-state index in [1.807, 2.05) is 29.5 Å². The highest BCUT2D eigenvalue weighted by molar-refractivity contribution is 5.84. The van der Waals surface area contributed by atoms with Crippen LogP contribution in [0.2, 0.25) is 0 Å². The molecule has 0 spiro atoms. The van der Waals surface area contributed by atoms with Crippen LogP contribution in [0.15, 0.2) is 47.2 Å². The lowest BCUT2D eigenvalue weighted by Gasteiger charge is -2.20. The van der Waals surface area contributed by atoms with Crippen LogP contribution in [0.4, 0.5) is 0 Å². The van der Waals surface area contributed by atoms with Crippen molar-refractivity contribution in [1.82, 2.24) is 9.80 Å². The number of fused-ring (bicyclic) bond motifs is 2. The Bertz CT molecular complexity index is 1150. The highest BCUT2D eigenvalue weighted by Crippen LogP contribution is 2.26. The van der Waals surface area contributed by atoms with E-state index in [-0.39, 0.29) is 5.91 Å². The number of benzene rings is 2. The molecule has 0 saturated heterocycles. The highest BCUT2D eigenvalue weighted by atomic mass is 16.5. The van der Waals surface area contributed by atoms with Crippen LogP contribution in [-0.2, 0) is 17.6 Å². The molecule has 0 radical (unpaired) electrons. The number of carbonyl (C=O) groups is 1. The van der Waals surface area contributed by atoms with E-state index in [0.717, 1.165) is 60.3 Å². The second kappa shape index (κ2) is 9.61. The number of hydrogen-bond acceptors (Lipinski definition) is 4. The Labute approximate surface area is 190 Å². The number of aryl methyl sites for hydroxylation is 2. The van der Waals surface area contributed by atoms with Crippen molar-refractivity contribution in [1.29, 1.82) is 0 Å². The maximum Gasteiger partial charge on any atom is 0.230 e. The van der Waals surface area contributed by atoms with E-state index in [1.165, 1.54) is 16.7 Å². The summed E-state index contributed by atoms with van der Waals surface area (Å²) in [5.74, 6) is 0.979. The number of likely N-dealkylation sites (N-methyl/N-ethyl adjacent to an activating group) is 1. The molecule has 1 amide bonds. The molecular formula is C27H32N2O3. The van der Waals surface area contributed by atoms with E-state index < -0.39 is 0 Å². The average molecular weight is 433 g/mol. The Morgan fingerprint density at radius 2 is 1.94 bits per heavy atom. The van der Waals surface area contributed by atoms with Crippen LogP contribution in [-0.4, -0.2) is 49.5 Å². The van der Waals surface area contributed by atoms with Gasteiger partial charge in [0, 0.05) is 30.7 Å². The molecule has 1 aliphatic heterocycles. The first-order chi connectivity index (χ1) is 15.4.